The van der Waals surface area contributed by atoms with E-state index < -0.39 is 12.2 Å². The summed E-state index contributed by atoms with van der Waals surface area (Å²) in [5, 5.41) is 20.5. The fourth-order valence-electron chi connectivity index (χ4n) is 3.45. The Bertz CT molecular complexity index is 646. The Morgan fingerprint density at radius 1 is 1.16 bits per heavy atom. The largest absolute Gasteiger partial charge is 0.469 e. The summed E-state index contributed by atoms with van der Waals surface area (Å²) in [5.74, 6) is 1.15. The molecule has 1 aromatic carbocycles. The van der Waals surface area contributed by atoms with Gasteiger partial charge >= 0.3 is 5.97 Å². The molecule has 0 saturated heterocycles. The zero-order chi connectivity index (χ0) is 21.9. The van der Waals surface area contributed by atoms with Gasteiger partial charge < -0.3 is 20.9 Å². The minimum Gasteiger partial charge on any atom is -0.469 e. The van der Waals surface area contributed by atoms with Crippen LogP contribution < -0.4 is 0 Å². The first-order valence-corrected chi connectivity index (χ1v) is 10.8. The Hall–Kier alpha value is 0.558. The predicted octanol–water partition coefficient (Wildman–Crippen LogP) is 5.21. The molecule has 2 atom stereocenters. The number of hydrogen-bond donors (Lipinski definition) is 2. The van der Waals surface area contributed by atoms with Crippen LogP contribution in [0.5, 0.6) is 0 Å². The minimum atomic E-state index is -0.974. The molecular weight excluding hydrogens is 542 g/mol. The van der Waals surface area contributed by atoms with Crippen LogP contribution in [-0.2, 0) is 80.4 Å². The topological polar surface area (TPSA) is 66.8 Å². The number of methoxy groups -OCH3 is 1. The van der Waals surface area contributed by atoms with Crippen LogP contribution in [0.1, 0.15) is 83.8 Å². The number of hydrogen-bond acceptors (Lipinski definition) is 4. The van der Waals surface area contributed by atoms with Gasteiger partial charge in [-0.3, -0.25) is 4.79 Å². The minimum absolute atomic E-state index is 0. The van der Waals surface area contributed by atoms with Crippen LogP contribution in [0.15, 0.2) is 30.3 Å². The van der Waals surface area contributed by atoms with Gasteiger partial charge in [-0.05, 0) is 18.4 Å². The number of benzene rings is 1. The van der Waals surface area contributed by atoms with Crippen LogP contribution >= 0.6 is 0 Å². The van der Waals surface area contributed by atoms with Crippen LogP contribution in [0, 0.1) is 5.92 Å². The molecule has 6 heteroatoms. The van der Waals surface area contributed by atoms with Gasteiger partial charge in [0.25, 0.3) is 0 Å². The fraction of sp³-hybridized carbons (Fsp3) is 0.600. The number of rotatable bonds is 13. The second kappa shape index (κ2) is 18.0. The van der Waals surface area contributed by atoms with E-state index in [2.05, 4.69) is 38.5 Å². The van der Waals surface area contributed by atoms with E-state index >= 15 is 0 Å². The fourth-order valence-corrected chi connectivity index (χ4v) is 3.45. The molecule has 0 aliphatic heterocycles. The average molecular weight is 581 g/mol. The van der Waals surface area contributed by atoms with Crippen molar-refractivity contribution in [2.45, 2.75) is 90.3 Å². The number of aliphatic hydroxyl groups excluding tert-OH is 2. The summed E-state index contributed by atoms with van der Waals surface area (Å²) in [5.41, 5.74) is 2.20. The van der Waals surface area contributed by atoms with E-state index in [1.165, 1.54) is 37.9 Å². The molecular formula is C25H39O4Y2-. The van der Waals surface area contributed by atoms with E-state index in [0.717, 1.165) is 12.0 Å². The molecule has 2 N–H and O–H groups in total. The van der Waals surface area contributed by atoms with Crippen LogP contribution in [0.4, 0.5) is 0 Å². The normalized spacial score (nSPS) is 13.4. The summed E-state index contributed by atoms with van der Waals surface area (Å²) in [7, 11) is 1.35. The van der Waals surface area contributed by atoms with Crippen molar-refractivity contribution in [1.82, 2.24) is 0 Å². The third-order valence-corrected chi connectivity index (χ3v) is 5.83. The summed E-state index contributed by atoms with van der Waals surface area (Å²) in [6, 6.07) is 8.22. The van der Waals surface area contributed by atoms with Gasteiger partial charge in [-0.1, -0.05) is 82.0 Å². The third kappa shape index (κ3) is 12.0. The smallest absolute Gasteiger partial charge is 0.305 e. The molecule has 170 valence electrons. The zero-order valence-corrected chi connectivity index (χ0v) is 25.6. The second-order valence-electron chi connectivity index (χ2n) is 8.34. The number of esters is 1. The number of unbranched alkanes of at least 4 members (excludes halogenated alkanes) is 2. The quantitative estimate of drug-likeness (QED) is 0.191. The molecule has 0 bridgehead atoms. The van der Waals surface area contributed by atoms with E-state index in [1.807, 2.05) is 24.3 Å². The van der Waals surface area contributed by atoms with Crippen molar-refractivity contribution < 1.29 is 85.2 Å². The van der Waals surface area contributed by atoms with Crippen LogP contribution in [0.2, 0.25) is 0 Å². The molecule has 31 heavy (non-hydrogen) atoms. The zero-order valence-electron chi connectivity index (χ0n) is 19.9. The van der Waals surface area contributed by atoms with E-state index in [0.29, 0.717) is 12.8 Å². The Morgan fingerprint density at radius 2 is 1.81 bits per heavy atom. The van der Waals surface area contributed by atoms with Crippen LogP contribution in [0.25, 0.3) is 6.08 Å². The van der Waals surface area contributed by atoms with Gasteiger partial charge in [0, 0.05) is 71.8 Å². The number of carbonyl (C=O) groups is 1. The first-order chi connectivity index (χ1) is 13.7. The summed E-state index contributed by atoms with van der Waals surface area (Å²) in [6.07, 6.45) is 7.51. The molecule has 0 aliphatic carbocycles. The van der Waals surface area contributed by atoms with Gasteiger partial charge in [0.15, 0.2) is 0 Å². The number of carbonyl (C=O) groups excluding carboxylic acids is 1. The molecule has 1 aromatic rings. The molecule has 0 amide bonds. The Morgan fingerprint density at radius 3 is 2.42 bits per heavy atom. The van der Waals surface area contributed by atoms with Crippen molar-refractivity contribution in [2.24, 2.45) is 0 Å². The van der Waals surface area contributed by atoms with Gasteiger partial charge in [-0.15, -0.1) is 5.41 Å². The monoisotopic (exact) mass is 581 g/mol. The van der Waals surface area contributed by atoms with Crippen molar-refractivity contribution >= 4 is 12.0 Å². The maximum absolute atomic E-state index is 11.2. The molecule has 0 aliphatic rings. The molecule has 4 nitrogen and oxygen atoms in total. The average Bonchev–Trinajstić information content (AvgIpc) is 2.71. The maximum atomic E-state index is 11.2. The molecule has 0 saturated carbocycles. The van der Waals surface area contributed by atoms with Gasteiger partial charge in [-0.2, -0.15) is 13.3 Å². The van der Waals surface area contributed by atoms with Crippen LogP contribution in [-0.4, -0.2) is 35.5 Å². The van der Waals surface area contributed by atoms with E-state index in [1.54, 1.807) is 6.08 Å². The van der Waals surface area contributed by atoms with E-state index in [-0.39, 0.29) is 83.2 Å². The summed E-state index contributed by atoms with van der Waals surface area (Å²) >= 11 is 0. The molecule has 0 heterocycles. The van der Waals surface area contributed by atoms with E-state index in [9.17, 15) is 15.0 Å². The Labute approximate surface area is 239 Å². The number of aliphatic hydroxyl groups is 2. The Balaban J connectivity index is 0. The van der Waals surface area contributed by atoms with Crippen molar-refractivity contribution in [3.8, 4) is 0 Å². The van der Waals surface area contributed by atoms with Gasteiger partial charge in [0.1, 0.15) is 0 Å². The summed E-state index contributed by atoms with van der Waals surface area (Å²) in [4.78, 5) is 11.2. The molecule has 2 radical (unpaired) electrons. The SMILES string of the molecule is CCCCC[C-](C)C(C)(C)c1ccccc1/C=C/C(O)C(O)CCCC(=O)OC.[Y].[Y]. The van der Waals surface area contributed by atoms with Crippen molar-refractivity contribution in [2.75, 3.05) is 7.11 Å². The molecule has 0 fully saturated rings. The third-order valence-electron chi connectivity index (χ3n) is 5.83. The van der Waals surface area contributed by atoms with Gasteiger partial charge in [0.2, 0.25) is 0 Å². The van der Waals surface area contributed by atoms with Crippen molar-refractivity contribution in [3.63, 3.8) is 0 Å². The second-order valence-corrected chi connectivity index (χ2v) is 8.34. The standard InChI is InChI=1S/C25H39O4.2Y/c1-6-7-8-12-19(2)25(3,4)21-14-10-9-13-20(21)17-18-23(27)22(26)15-11-16-24(28)29-5;;/h9-10,13-14,17-18,22-23,26-27H,6-8,11-12,15-16H2,1-5H3;;/q-1;;/b18-17+;;. The first-order valence-electron chi connectivity index (χ1n) is 10.8. The Kier molecular flexibility index (Phi) is 19.5. The van der Waals surface area contributed by atoms with Gasteiger partial charge in [-0.25, -0.2) is 0 Å². The molecule has 0 spiro atoms. The van der Waals surface area contributed by atoms with Crippen molar-refractivity contribution in [3.05, 3.63) is 47.4 Å². The van der Waals surface area contributed by atoms with Gasteiger partial charge in [0.05, 0.1) is 19.3 Å². The van der Waals surface area contributed by atoms with Crippen molar-refractivity contribution in [1.29, 1.82) is 0 Å². The number of ether oxygens (including phenoxy) is 1. The van der Waals surface area contributed by atoms with Crippen LogP contribution in [0.3, 0.4) is 0 Å². The summed E-state index contributed by atoms with van der Waals surface area (Å²) in [6.45, 7) is 8.95. The maximum Gasteiger partial charge on any atom is 0.305 e. The summed E-state index contributed by atoms with van der Waals surface area (Å²) < 4.78 is 4.59. The van der Waals surface area contributed by atoms with E-state index in [4.69, 9.17) is 0 Å². The predicted molar refractivity (Wildman–Crippen MR) is 119 cm³/mol. The molecule has 2 unspecified atom stereocenters. The molecule has 1 rings (SSSR count). The molecule has 0 aromatic heterocycles. The first kappa shape index (κ1) is 33.7.